The number of halogens is 1. The molecule has 0 heterocycles. The van der Waals surface area contributed by atoms with Gasteiger partial charge in [-0.2, -0.15) is 0 Å². The predicted molar refractivity (Wildman–Crippen MR) is 78.9 cm³/mol. The molecule has 17 heavy (non-hydrogen) atoms. The molecule has 2 aromatic rings. The van der Waals surface area contributed by atoms with Crippen molar-refractivity contribution in [1.29, 1.82) is 0 Å². The summed E-state index contributed by atoms with van der Waals surface area (Å²) >= 11 is 3.46. The maximum absolute atomic E-state index is 3.46. The summed E-state index contributed by atoms with van der Waals surface area (Å²) in [7, 11) is 2.24. The van der Waals surface area contributed by atoms with E-state index in [0.29, 0.717) is 0 Å². The van der Waals surface area contributed by atoms with E-state index >= 15 is 0 Å². The average Bonchev–Trinajstić information content (AvgIpc) is 3.10. The Balaban J connectivity index is 1.92. The van der Waals surface area contributed by atoms with Gasteiger partial charge in [-0.15, -0.1) is 0 Å². The summed E-state index contributed by atoms with van der Waals surface area (Å²) in [5.41, 5.74) is 3.90. The Labute approximate surface area is 111 Å². The molecule has 3 rings (SSSR count). The van der Waals surface area contributed by atoms with E-state index in [1.165, 1.54) is 16.7 Å². The molecule has 1 aliphatic carbocycles. The third-order valence-electron chi connectivity index (χ3n) is 3.35. The predicted octanol–water partition coefficient (Wildman–Crippen LogP) is 3.51. The zero-order valence-electron chi connectivity index (χ0n) is 9.65. The molecule has 0 N–H and O–H groups in total. The molecule has 0 nitrogen and oxygen atoms in total. The third-order valence-corrected chi connectivity index (χ3v) is 3.88. The van der Waals surface area contributed by atoms with E-state index in [9.17, 15) is 0 Å². The van der Waals surface area contributed by atoms with Crippen LogP contribution in [0.15, 0.2) is 65.2 Å². The summed E-state index contributed by atoms with van der Waals surface area (Å²) in [6.45, 7) is 0. The highest BCUT2D eigenvalue weighted by atomic mass is 79.9. The Hall–Kier alpha value is -1.28. The van der Waals surface area contributed by atoms with Crippen LogP contribution in [-0.2, 0) is 5.31 Å². The van der Waals surface area contributed by atoms with Crippen molar-refractivity contribution in [3.63, 3.8) is 0 Å². The molecule has 0 aromatic heterocycles. The van der Waals surface area contributed by atoms with Crippen molar-refractivity contribution in [3.8, 4) is 11.1 Å². The quantitative estimate of drug-likeness (QED) is 0.584. The van der Waals surface area contributed by atoms with Crippen molar-refractivity contribution in [3.05, 3.63) is 70.7 Å². The van der Waals surface area contributed by atoms with Gasteiger partial charge in [-0.05, 0) is 34.1 Å². The van der Waals surface area contributed by atoms with Gasteiger partial charge >= 0.3 is 0 Å². The highest BCUT2D eigenvalue weighted by molar-refractivity contribution is 9.10. The summed E-state index contributed by atoms with van der Waals surface area (Å²) in [6, 6.07) is 17.3. The Morgan fingerprint density at radius 2 is 1.24 bits per heavy atom. The van der Waals surface area contributed by atoms with Gasteiger partial charge in [-0.1, -0.05) is 64.5 Å². The lowest BCUT2D eigenvalue weighted by molar-refractivity contribution is 1.12. The van der Waals surface area contributed by atoms with E-state index in [4.69, 9.17) is 0 Å². The number of hydrogen-bond donors (Lipinski definition) is 0. The van der Waals surface area contributed by atoms with Crippen LogP contribution in [0.3, 0.4) is 0 Å². The number of benzene rings is 2. The maximum atomic E-state index is 3.46. The SMILES string of the molecule is BC1(c2ccc(-c3ccc(Br)cc3)cc2)C=C1. The Morgan fingerprint density at radius 3 is 1.71 bits per heavy atom. The molecule has 0 fully saturated rings. The minimum atomic E-state index is 0.220. The normalized spacial score (nSPS) is 15.8. The van der Waals surface area contributed by atoms with Crippen molar-refractivity contribution < 1.29 is 0 Å². The van der Waals surface area contributed by atoms with Gasteiger partial charge in [0.2, 0.25) is 0 Å². The van der Waals surface area contributed by atoms with E-state index in [1.807, 2.05) is 0 Å². The van der Waals surface area contributed by atoms with Crippen LogP contribution < -0.4 is 0 Å². The van der Waals surface area contributed by atoms with Crippen molar-refractivity contribution in [1.82, 2.24) is 0 Å². The fraction of sp³-hybridized carbons (Fsp3) is 0.0667. The second-order valence-corrected chi connectivity index (χ2v) is 5.62. The summed E-state index contributed by atoms with van der Waals surface area (Å²) < 4.78 is 1.12. The first-order valence-corrected chi connectivity index (χ1v) is 6.54. The standard InChI is InChI=1S/C15H12BBr/c16-15(9-10-15)13-5-1-11(2-6-13)12-3-7-14(17)8-4-12/h1-10H,16H2. The van der Waals surface area contributed by atoms with Crippen molar-refractivity contribution in [2.45, 2.75) is 5.31 Å². The lowest BCUT2D eigenvalue weighted by atomic mass is 9.75. The molecule has 0 spiro atoms. The van der Waals surface area contributed by atoms with Crippen LogP contribution in [0.25, 0.3) is 11.1 Å². The number of rotatable bonds is 2. The van der Waals surface area contributed by atoms with Gasteiger partial charge in [0.15, 0.2) is 0 Å². The maximum Gasteiger partial charge on any atom is 0.125 e. The lowest BCUT2D eigenvalue weighted by Crippen LogP contribution is -2.06. The molecule has 0 saturated carbocycles. The van der Waals surface area contributed by atoms with Crippen LogP contribution in [0, 0.1) is 0 Å². The molecule has 2 aromatic carbocycles. The number of allylic oxidation sites excluding steroid dienone is 2. The second-order valence-electron chi connectivity index (χ2n) is 4.70. The highest BCUT2D eigenvalue weighted by Gasteiger charge is 2.29. The third kappa shape index (κ3) is 2.10. The van der Waals surface area contributed by atoms with Gasteiger partial charge < -0.3 is 0 Å². The Bertz CT molecular complexity index is 561. The van der Waals surface area contributed by atoms with Crippen molar-refractivity contribution in [2.24, 2.45) is 0 Å². The fourth-order valence-corrected chi connectivity index (χ4v) is 2.25. The summed E-state index contributed by atoms with van der Waals surface area (Å²) in [4.78, 5) is 0. The molecule has 0 atom stereocenters. The molecule has 0 aliphatic heterocycles. The van der Waals surface area contributed by atoms with Gasteiger partial charge in [0.1, 0.15) is 7.85 Å². The Kier molecular flexibility index (Phi) is 2.48. The van der Waals surface area contributed by atoms with Crippen LogP contribution >= 0.6 is 15.9 Å². The molecule has 0 saturated heterocycles. The summed E-state index contributed by atoms with van der Waals surface area (Å²) in [5.74, 6) is 0. The monoisotopic (exact) mass is 282 g/mol. The molecule has 0 amide bonds. The van der Waals surface area contributed by atoms with Crippen LogP contribution in [0.2, 0.25) is 0 Å². The molecular weight excluding hydrogens is 271 g/mol. The van der Waals surface area contributed by atoms with E-state index in [1.54, 1.807) is 0 Å². The van der Waals surface area contributed by atoms with Gasteiger partial charge in [-0.25, -0.2) is 0 Å². The van der Waals surface area contributed by atoms with Gasteiger partial charge in [-0.3, -0.25) is 0 Å². The van der Waals surface area contributed by atoms with E-state index in [2.05, 4.69) is 84.5 Å². The first-order chi connectivity index (χ1) is 8.17. The molecule has 1 aliphatic rings. The topological polar surface area (TPSA) is 0 Å². The van der Waals surface area contributed by atoms with Crippen LogP contribution in [0.4, 0.5) is 0 Å². The minimum Gasteiger partial charge on any atom is -0.0819 e. The lowest BCUT2D eigenvalue weighted by Gasteiger charge is -2.10. The molecule has 0 bridgehead atoms. The van der Waals surface area contributed by atoms with Crippen molar-refractivity contribution in [2.75, 3.05) is 0 Å². The largest absolute Gasteiger partial charge is 0.125 e. The molecule has 2 heteroatoms. The summed E-state index contributed by atoms with van der Waals surface area (Å²) in [6.07, 6.45) is 4.48. The van der Waals surface area contributed by atoms with E-state index in [-0.39, 0.29) is 5.31 Å². The molecule has 82 valence electrons. The van der Waals surface area contributed by atoms with Crippen LogP contribution in [-0.4, -0.2) is 7.85 Å². The first kappa shape index (κ1) is 10.9. The van der Waals surface area contributed by atoms with Gasteiger partial charge in [0, 0.05) is 4.47 Å². The van der Waals surface area contributed by atoms with Gasteiger partial charge in [0.05, 0.1) is 0 Å². The first-order valence-electron chi connectivity index (χ1n) is 5.74. The molecule has 0 unspecified atom stereocenters. The Morgan fingerprint density at radius 1 is 0.765 bits per heavy atom. The van der Waals surface area contributed by atoms with Gasteiger partial charge in [0.25, 0.3) is 0 Å². The van der Waals surface area contributed by atoms with Crippen molar-refractivity contribution >= 4 is 23.8 Å². The average molecular weight is 283 g/mol. The zero-order valence-corrected chi connectivity index (χ0v) is 11.2. The number of hydrogen-bond acceptors (Lipinski definition) is 0. The van der Waals surface area contributed by atoms with Crippen LogP contribution in [0.5, 0.6) is 0 Å². The fourth-order valence-electron chi connectivity index (χ4n) is 1.98. The smallest absolute Gasteiger partial charge is 0.0819 e. The second kappa shape index (κ2) is 3.88. The van der Waals surface area contributed by atoms with E-state index < -0.39 is 0 Å². The zero-order chi connectivity index (χ0) is 11.9. The van der Waals surface area contributed by atoms with Crippen LogP contribution in [0.1, 0.15) is 5.56 Å². The molecular formula is C15H12BBr. The van der Waals surface area contributed by atoms with E-state index in [0.717, 1.165) is 4.47 Å². The molecule has 0 radical (unpaired) electrons. The minimum absolute atomic E-state index is 0.220. The highest BCUT2D eigenvalue weighted by Crippen LogP contribution is 2.35. The summed E-state index contributed by atoms with van der Waals surface area (Å²) in [5, 5.41) is 0.220.